The van der Waals surface area contributed by atoms with Gasteiger partial charge in [-0.05, 0) is 12.8 Å². The summed E-state index contributed by atoms with van der Waals surface area (Å²) < 4.78 is 27.7. The minimum absolute atomic E-state index is 0.0735. The van der Waals surface area contributed by atoms with Crippen LogP contribution in [0.4, 0.5) is 5.82 Å². The van der Waals surface area contributed by atoms with Crippen molar-refractivity contribution >= 4 is 32.1 Å². The number of nitrogens with zero attached hydrogens (tertiary/aromatic N) is 3. The van der Waals surface area contributed by atoms with Crippen molar-refractivity contribution < 1.29 is 8.42 Å². The van der Waals surface area contributed by atoms with E-state index >= 15 is 0 Å². The van der Waals surface area contributed by atoms with Gasteiger partial charge in [0.25, 0.3) is 10.0 Å². The molecule has 6 nitrogen and oxygen atoms in total. The Kier molecular flexibility index (Phi) is 2.22. The standard InChI is InChI=1S/C9H12N4O2S2/c1-12(6-2-3-6)17(14,15)8-7(10)11-9-13(8)4-5-16-9/h4-6H,2-3,10H2,1H3. The van der Waals surface area contributed by atoms with Gasteiger partial charge in [0.05, 0.1) is 0 Å². The summed E-state index contributed by atoms with van der Waals surface area (Å²) in [6.45, 7) is 0. The largest absolute Gasteiger partial charge is 0.381 e. The second-order valence-corrected chi connectivity index (χ2v) is 6.90. The van der Waals surface area contributed by atoms with Gasteiger partial charge in [0.2, 0.25) is 0 Å². The zero-order valence-electron chi connectivity index (χ0n) is 9.20. The summed E-state index contributed by atoms with van der Waals surface area (Å²) in [6, 6.07) is 0.114. The van der Waals surface area contributed by atoms with Gasteiger partial charge >= 0.3 is 0 Å². The molecule has 1 fully saturated rings. The van der Waals surface area contributed by atoms with Crippen LogP contribution in [-0.2, 0) is 10.0 Å². The van der Waals surface area contributed by atoms with Crippen molar-refractivity contribution in [2.75, 3.05) is 12.8 Å². The summed E-state index contributed by atoms with van der Waals surface area (Å²) in [6.07, 6.45) is 3.51. The minimum Gasteiger partial charge on any atom is -0.381 e. The van der Waals surface area contributed by atoms with Crippen LogP contribution in [0, 0.1) is 0 Å². The van der Waals surface area contributed by atoms with Crippen molar-refractivity contribution in [3.63, 3.8) is 0 Å². The number of hydrogen-bond acceptors (Lipinski definition) is 5. The third-order valence-corrected chi connectivity index (χ3v) is 5.64. The molecule has 2 N–H and O–H groups in total. The maximum atomic E-state index is 12.4. The summed E-state index contributed by atoms with van der Waals surface area (Å²) >= 11 is 1.36. The van der Waals surface area contributed by atoms with E-state index in [2.05, 4.69) is 4.98 Å². The van der Waals surface area contributed by atoms with E-state index in [0.717, 1.165) is 12.8 Å². The Morgan fingerprint density at radius 1 is 1.59 bits per heavy atom. The molecule has 2 aromatic heterocycles. The zero-order chi connectivity index (χ0) is 12.2. The molecular formula is C9H12N4O2S2. The minimum atomic E-state index is -3.54. The van der Waals surface area contributed by atoms with E-state index in [0.29, 0.717) is 4.96 Å². The lowest BCUT2D eigenvalue weighted by atomic mass is 10.7. The Morgan fingerprint density at radius 3 is 2.94 bits per heavy atom. The van der Waals surface area contributed by atoms with E-state index in [-0.39, 0.29) is 16.9 Å². The van der Waals surface area contributed by atoms with Crippen LogP contribution < -0.4 is 5.73 Å². The molecule has 0 radical (unpaired) electrons. The van der Waals surface area contributed by atoms with Crippen LogP contribution in [0.25, 0.3) is 4.96 Å². The highest BCUT2D eigenvalue weighted by atomic mass is 32.2. The molecule has 0 amide bonds. The normalized spacial score (nSPS) is 17.1. The molecule has 0 aliphatic heterocycles. The summed E-state index contributed by atoms with van der Waals surface area (Å²) in [5.74, 6) is 0.0735. The van der Waals surface area contributed by atoms with Gasteiger partial charge in [0.1, 0.15) is 0 Å². The van der Waals surface area contributed by atoms with E-state index in [4.69, 9.17) is 5.73 Å². The average Bonchev–Trinajstić information content (AvgIpc) is 2.92. The van der Waals surface area contributed by atoms with Crippen LogP contribution in [0.5, 0.6) is 0 Å². The number of thiazole rings is 1. The fourth-order valence-corrected chi connectivity index (χ4v) is 4.17. The molecule has 0 atom stereocenters. The first kappa shape index (κ1) is 11.0. The Hall–Kier alpha value is -1.12. The van der Waals surface area contributed by atoms with Gasteiger partial charge in [0, 0.05) is 24.7 Å². The predicted molar refractivity (Wildman–Crippen MR) is 65.5 cm³/mol. The highest BCUT2D eigenvalue weighted by Crippen LogP contribution is 2.33. The maximum Gasteiger partial charge on any atom is 0.262 e. The first-order chi connectivity index (χ1) is 8.01. The fourth-order valence-electron chi connectivity index (χ4n) is 1.81. The molecule has 92 valence electrons. The lowest BCUT2D eigenvalue weighted by Gasteiger charge is -2.15. The number of hydrogen-bond donors (Lipinski definition) is 1. The Balaban J connectivity index is 2.19. The van der Waals surface area contributed by atoms with Crippen molar-refractivity contribution in [2.45, 2.75) is 23.9 Å². The number of nitrogen functional groups attached to an aromatic ring is 1. The van der Waals surface area contributed by atoms with Crippen molar-refractivity contribution in [1.82, 2.24) is 13.7 Å². The number of imidazole rings is 1. The Bertz CT molecular complexity index is 668. The first-order valence-corrected chi connectivity index (χ1v) is 7.53. The number of sulfonamides is 1. The van der Waals surface area contributed by atoms with Crippen LogP contribution in [0.2, 0.25) is 0 Å². The van der Waals surface area contributed by atoms with Gasteiger partial charge in [-0.25, -0.2) is 13.4 Å². The molecule has 2 aromatic rings. The van der Waals surface area contributed by atoms with E-state index in [1.165, 1.54) is 20.0 Å². The quantitative estimate of drug-likeness (QED) is 0.894. The number of anilines is 1. The number of rotatable bonds is 3. The molecule has 0 spiro atoms. The fraction of sp³-hybridized carbons (Fsp3) is 0.444. The summed E-state index contributed by atoms with van der Waals surface area (Å²) in [5.41, 5.74) is 5.71. The van der Waals surface area contributed by atoms with Crippen molar-refractivity contribution in [3.05, 3.63) is 11.6 Å². The Labute approximate surface area is 103 Å². The smallest absolute Gasteiger partial charge is 0.262 e. The third kappa shape index (κ3) is 1.55. The van der Waals surface area contributed by atoms with Crippen LogP contribution in [0.3, 0.4) is 0 Å². The van der Waals surface area contributed by atoms with Gasteiger partial charge < -0.3 is 5.73 Å². The van der Waals surface area contributed by atoms with Crippen molar-refractivity contribution in [2.24, 2.45) is 0 Å². The second kappa shape index (κ2) is 3.44. The van der Waals surface area contributed by atoms with Crippen molar-refractivity contribution in [1.29, 1.82) is 0 Å². The molecule has 1 saturated carbocycles. The average molecular weight is 272 g/mol. The van der Waals surface area contributed by atoms with Crippen LogP contribution in [0.1, 0.15) is 12.8 Å². The van der Waals surface area contributed by atoms with E-state index in [9.17, 15) is 8.42 Å². The van der Waals surface area contributed by atoms with E-state index < -0.39 is 10.0 Å². The van der Waals surface area contributed by atoms with Gasteiger partial charge in [-0.1, -0.05) is 0 Å². The highest BCUT2D eigenvalue weighted by Gasteiger charge is 2.38. The van der Waals surface area contributed by atoms with Crippen LogP contribution >= 0.6 is 11.3 Å². The second-order valence-electron chi connectivity index (χ2n) is 4.11. The molecule has 17 heavy (non-hydrogen) atoms. The predicted octanol–water partition coefficient (Wildman–Crippen LogP) is 0.761. The summed E-state index contributed by atoms with van der Waals surface area (Å²) in [7, 11) is -1.95. The Morgan fingerprint density at radius 2 is 2.29 bits per heavy atom. The zero-order valence-corrected chi connectivity index (χ0v) is 10.8. The van der Waals surface area contributed by atoms with Gasteiger partial charge in [-0.2, -0.15) is 4.31 Å². The molecule has 0 aromatic carbocycles. The first-order valence-electron chi connectivity index (χ1n) is 5.21. The number of nitrogens with two attached hydrogens (primary N) is 1. The third-order valence-electron chi connectivity index (χ3n) is 2.93. The molecule has 0 unspecified atom stereocenters. The molecule has 1 aliphatic rings. The van der Waals surface area contributed by atoms with E-state index in [1.54, 1.807) is 18.6 Å². The van der Waals surface area contributed by atoms with Gasteiger partial charge in [-0.3, -0.25) is 4.40 Å². The summed E-state index contributed by atoms with van der Waals surface area (Å²) in [4.78, 5) is 4.66. The molecule has 1 aliphatic carbocycles. The number of aromatic nitrogens is 2. The number of fused-ring (bicyclic) bond motifs is 1. The molecule has 0 bridgehead atoms. The molecule has 8 heteroatoms. The van der Waals surface area contributed by atoms with Gasteiger partial charge in [-0.15, -0.1) is 11.3 Å². The molecular weight excluding hydrogens is 260 g/mol. The lowest BCUT2D eigenvalue weighted by Crippen LogP contribution is -2.30. The SMILES string of the molecule is CN(C1CC1)S(=O)(=O)c1c(N)nc2sccn12. The topological polar surface area (TPSA) is 80.7 Å². The molecule has 3 rings (SSSR count). The monoisotopic (exact) mass is 272 g/mol. The van der Waals surface area contributed by atoms with E-state index in [1.807, 2.05) is 0 Å². The van der Waals surface area contributed by atoms with Crippen LogP contribution in [0.15, 0.2) is 16.6 Å². The van der Waals surface area contributed by atoms with Gasteiger partial charge in [0.15, 0.2) is 15.8 Å². The highest BCUT2D eigenvalue weighted by molar-refractivity contribution is 7.89. The van der Waals surface area contributed by atoms with Crippen LogP contribution in [-0.4, -0.2) is 35.2 Å². The summed E-state index contributed by atoms with van der Waals surface area (Å²) in [5, 5.41) is 1.88. The lowest BCUT2D eigenvalue weighted by molar-refractivity contribution is 0.461. The maximum absolute atomic E-state index is 12.4. The van der Waals surface area contributed by atoms with Crippen molar-refractivity contribution in [3.8, 4) is 0 Å². The molecule has 2 heterocycles. The molecule has 0 saturated heterocycles.